The van der Waals surface area contributed by atoms with E-state index >= 15 is 0 Å². The highest BCUT2D eigenvalue weighted by Gasteiger charge is 2.10. The molecular formula is C15H19NS. The molecule has 0 radical (unpaired) electrons. The average molecular weight is 245 g/mol. The van der Waals surface area contributed by atoms with Gasteiger partial charge in [0.1, 0.15) is 0 Å². The smallest absolute Gasteiger partial charge is 0.0377 e. The van der Waals surface area contributed by atoms with Crippen molar-refractivity contribution in [3.05, 3.63) is 46.3 Å². The first-order valence-corrected chi connectivity index (χ1v) is 6.69. The zero-order valence-electron chi connectivity index (χ0n) is 10.9. The SMILES string of the molecule is Cc1cc(C)c(-c2ccccc2CN(C)C)s1. The fourth-order valence-electron chi connectivity index (χ4n) is 2.13. The molecule has 0 N–H and O–H groups in total. The predicted octanol–water partition coefficient (Wildman–Crippen LogP) is 4.09. The minimum Gasteiger partial charge on any atom is -0.305 e. The van der Waals surface area contributed by atoms with Gasteiger partial charge in [-0.3, -0.25) is 0 Å². The fraction of sp³-hybridized carbons (Fsp3) is 0.333. The Labute approximate surface area is 108 Å². The van der Waals surface area contributed by atoms with Gasteiger partial charge < -0.3 is 4.90 Å². The van der Waals surface area contributed by atoms with E-state index in [1.54, 1.807) is 0 Å². The maximum absolute atomic E-state index is 2.27. The molecule has 2 rings (SSSR count). The zero-order chi connectivity index (χ0) is 12.4. The molecule has 0 aliphatic rings. The predicted molar refractivity (Wildman–Crippen MR) is 76.6 cm³/mol. The molecule has 0 fully saturated rings. The Balaban J connectivity index is 2.48. The molecule has 0 saturated heterocycles. The van der Waals surface area contributed by atoms with Gasteiger partial charge in [-0.25, -0.2) is 0 Å². The Morgan fingerprint density at radius 1 is 1.12 bits per heavy atom. The molecule has 0 atom stereocenters. The maximum Gasteiger partial charge on any atom is 0.0377 e. The molecule has 17 heavy (non-hydrogen) atoms. The second-order valence-corrected chi connectivity index (χ2v) is 6.02. The summed E-state index contributed by atoms with van der Waals surface area (Å²) in [4.78, 5) is 5.02. The van der Waals surface area contributed by atoms with Crippen LogP contribution in [-0.2, 0) is 6.54 Å². The van der Waals surface area contributed by atoms with Crippen molar-refractivity contribution in [1.82, 2.24) is 4.90 Å². The molecule has 0 unspecified atom stereocenters. The highest BCUT2D eigenvalue weighted by molar-refractivity contribution is 7.15. The van der Waals surface area contributed by atoms with Crippen molar-refractivity contribution in [2.45, 2.75) is 20.4 Å². The second kappa shape index (κ2) is 5.03. The normalized spacial score (nSPS) is 11.1. The minimum atomic E-state index is 0.993. The Kier molecular flexibility index (Phi) is 3.65. The van der Waals surface area contributed by atoms with Gasteiger partial charge in [0, 0.05) is 16.3 Å². The van der Waals surface area contributed by atoms with Crippen LogP contribution in [0.5, 0.6) is 0 Å². The van der Waals surface area contributed by atoms with E-state index in [2.05, 4.69) is 63.2 Å². The first kappa shape index (κ1) is 12.3. The van der Waals surface area contributed by atoms with Gasteiger partial charge in [0.2, 0.25) is 0 Å². The van der Waals surface area contributed by atoms with Crippen LogP contribution >= 0.6 is 11.3 Å². The van der Waals surface area contributed by atoms with Crippen LogP contribution in [0.2, 0.25) is 0 Å². The molecule has 0 aliphatic carbocycles. The van der Waals surface area contributed by atoms with Crippen LogP contribution in [0.3, 0.4) is 0 Å². The van der Waals surface area contributed by atoms with Crippen molar-refractivity contribution in [3.63, 3.8) is 0 Å². The molecule has 0 amide bonds. The van der Waals surface area contributed by atoms with Crippen molar-refractivity contribution in [3.8, 4) is 10.4 Å². The van der Waals surface area contributed by atoms with Crippen LogP contribution in [0, 0.1) is 13.8 Å². The standard InChI is InChI=1S/C15H19NS/c1-11-9-12(2)17-15(11)14-8-6-5-7-13(14)10-16(3)4/h5-9H,10H2,1-4H3. The van der Waals surface area contributed by atoms with Crippen molar-refractivity contribution in [1.29, 1.82) is 0 Å². The van der Waals surface area contributed by atoms with Gasteiger partial charge in [-0.1, -0.05) is 24.3 Å². The number of aryl methyl sites for hydroxylation is 2. The first-order chi connectivity index (χ1) is 8.08. The van der Waals surface area contributed by atoms with E-state index in [1.165, 1.54) is 26.4 Å². The Morgan fingerprint density at radius 2 is 1.82 bits per heavy atom. The molecular weight excluding hydrogens is 226 g/mol. The summed E-state index contributed by atoms with van der Waals surface area (Å²) in [5.41, 5.74) is 4.18. The lowest BCUT2D eigenvalue weighted by molar-refractivity contribution is 0.403. The summed E-state index contributed by atoms with van der Waals surface area (Å²) in [5, 5.41) is 0. The molecule has 90 valence electrons. The summed E-state index contributed by atoms with van der Waals surface area (Å²) in [6, 6.07) is 11.0. The lowest BCUT2D eigenvalue weighted by atomic mass is 10.0. The van der Waals surface area contributed by atoms with E-state index in [0.717, 1.165) is 6.54 Å². The summed E-state index contributed by atoms with van der Waals surface area (Å²) in [6.45, 7) is 5.37. The lowest BCUT2D eigenvalue weighted by Gasteiger charge is -2.13. The monoisotopic (exact) mass is 245 g/mol. The molecule has 2 aromatic rings. The number of rotatable bonds is 3. The van der Waals surface area contributed by atoms with Crippen molar-refractivity contribution in [2.75, 3.05) is 14.1 Å². The third kappa shape index (κ3) is 2.76. The van der Waals surface area contributed by atoms with Gasteiger partial charge >= 0.3 is 0 Å². The number of hydrogen-bond acceptors (Lipinski definition) is 2. The summed E-state index contributed by atoms with van der Waals surface area (Å²) in [7, 11) is 4.23. The van der Waals surface area contributed by atoms with Crippen LogP contribution in [0.4, 0.5) is 0 Å². The molecule has 0 aliphatic heterocycles. The molecule has 1 nitrogen and oxygen atoms in total. The van der Waals surface area contributed by atoms with E-state index in [1.807, 2.05) is 11.3 Å². The number of thiophene rings is 1. The molecule has 0 bridgehead atoms. The summed E-state index contributed by atoms with van der Waals surface area (Å²) < 4.78 is 0. The Hall–Kier alpha value is -1.12. The second-order valence-electron chi connectivity index (χ2n) is 4.76. The van der Waals surface area contributed by atoms with Crippen molar-refractivity contribution < 1.29 is 0 Å². The van der Waals surface area contributed by atoms with Crippen LogP contribution in [0.25, 0.3) is 10.4 Å². The third-order valence-electron chi connectivity index (χ3n) is 2.79. The molecule has 1 aromatic carbocycles. The van der Waals surface area contributed by atoms with Crippen LogP contribution < -0.4 is 0 Å². The quantitative estimate of drug-likeness (QED) is 0.787. The van der Waals surface area contributed by atoms with Gasteiger partial charge in [-0.2, -0.15) is 0 Å². The van der Waals surface area contributed by atoms with Crippen LogP contribution in [0.15, 0.2) is 30.3 Å². The van der Waals surface area contributed by atoms with E-state index in [9.17, 15) is 0 Å². The average Bonchev–Trinajstić information content (AvgIpc) is 2.58. The van der Waals surface area contributed by atoms with E-state index in [-0.39, 0.29) is 0 Å². The largest absolute Gasteiger partial charge is 0.305 e. The van der Waals surface area contributed by atoms with Gasteiger partial charge in [-0.15, -0.1) is 11.3 Å². The first-order valence-electron chi connectivity index (χ1n) is 5.88. The molecule has 1 aromatic heterocycles. The van der Waals surface area contributed by atoms with Crippen LogP contribution in [0.1, 0.15) is 16.0 Å². The van der Waals surface area contributed by atoms with Crippen molar-refractivity contribution in [2.24, 2.45) is 0 Å². The van der Waals surface area contributed by atoms with E-state index < -0.39 is 0 Å². The summed E-state index contributed by atoms with van der Waals surface area (Å²) in [5.74, 6) is 0. The van der Waals surface area contributed by atoms with Gasteiger partial charge in [-0.05, 0) is 50.7 Å². The van der Waals surface area contributed by atoms with Crippen LogP contribution in [-0.4, -0.2) is 19.0 Å². The van der Waals surface area contributed by atoms with E-state index in [0.29, 0.717) is 0 Å². The number of nitrogens with zero attached hydrogens (tertiary/aromatic N) is 1. The van der Waals surface area contributed by atoms with Gasteiger partial charge in [0.15, 0.2) is 0 Å². The van der Waals surface area contributed by atoms with E-state index in [4.69, 9.17) is 0 Å². The third-order valence-corrected chi connectivity index (χ3v) is 3.98. The van der Waals surface area contributed by atoms with Gasteiger partial charge in [0.05, 0.1) is 0 Å². The summed E-state index contributed by atoms with van der Waals surface area (Å²) >= 11 is 1.89. The minimum absolute atomic E-state index is 0.993. The highest BCUT2D eigenvalue weighted by Crippen LogP contribution is 2.34. The topological polar surface area (TPSA) is 3.24 Å². The Bertz CT molecular complexity index is 511. The molecule has 2 heteroatoms. The zero-order valence-corrected chi connectivity index (χ0v) is 11.8. The summed E-state index contributed by atoms with van der Waals surface area (Å²) in [6.07, 6.45) is 0. The fourth-order valence-corrected chi connectivity index (χ4v) is 3.22. The number of hydrogen-bond donors (Lipinski definition) is 0. The van der Waals surface area contributed by atoms with Crippen molar-refractivity contribution >= 4 is 11.3 Å². The highest BCUT2D eigenvalue weighted by atomic mass is 32.1. The molecule has 1 heterocycles. The molecule has 0 saturated carbocycles. The Morgan fingerprint density at radius 3 is 2.41 bits per heavy atom. The lowest BCUT2D eigenvalue weighted by Crippen LogP contribution is -2.11. The number of benzene rings is 1. The molecule has 0 spiro atoms. The van der Waals surface area contributed by atoms with Gasteiger partial charge in [0.25, 0.3) is 0 Å². The maximum atomic E-state index is 2.27.